The standard InChI is InChI=1S/C19H24N2O3S3/c1-25-17-9-3-2-8-16(17)19(22)20-12-11-15-7-4-5-13-21(15)27(23,24)18-10-6-14-26-18/h2-3,6,8-10,14-15H,4-5,7,11-13H2,1H3,(H,20,22). The van der Waals surface area contributed by atoms with E-state index in [0.717, 1.165) is 24.2 Å². The van der Waals surface area contributed by atoms with E-state index in [2.05, 4.69) is 5.32 Å². The predicted molar refractivity (Wildman–Crippen MR) is 111 cm³/mol. The highest BCUT2D eigenvalue weighted by Gasteiger charge is 2.33. The molecule has 146 valence electrons. The number of hydrogen-bond acceptors (Lipinski definition) is 5. The van der Waals surface area contributed by atoms with Crippen molar-refractivity contribution >= 4 is 39.0 Å². The first-order valence-electron chi connectivity index (χ1n) is 9.00. The van der Waals surface area contributed by atoms with Crippen molar-refractivity contribution < 1.29 is 13.2 Å². The van der Waals surface area contributed by atoms with Gasteiger partial charge in [-0.05, 0) is 49.1 Å². The van der Waals surface area contributed by atoms with Gasteiger partial charge in [-0.2, -0.15) is 4.31 Å². The molecule has 1 aromatic carbocycles. The number of carbonyl (C=O) groups is 1. The summed E-state index contributed by atoms with van der Waals surface area (Å²) >= 11 is 2.79. The first-order chi connectivity index (χ1) is 13.0. The van der Waals surface area contributed by atoms with Crippen LogP contribution in [0.25, 0.3) is 0 Å². The topological polar surface area (TPSA) is 66.5 Å². The van der Waals surface area contributed by atoms with Crippen LogP contribution in [0.2, 0.25) is 0 Å². The van der Waals surface area contributed by atoms with Crippen LogP contribution in [0.15, 0.2) is 50.9 Å². The van der Waals surface area contributed by atoms with E-state index in [4.69, 9.17) is 0 Å². The Morgan fingerprint density at radius 2 is 2.07 bits per heavy atom. The predicted octanol–water partition coefficient (Wildman–Crippen LogP) is 3.83. The van der Waals surface area contributed by atoms with Crippen molar-refractivity contribution in [1.82, 2.24) is 9.62 Å². The van der Waals surface area contributed by atoms with Crippen LogP contribution in [0.3, 0.4) is 0 Å². The molecule has 0 bridgehead atoms. The van der Waals surface area contributed by atoms with Gasteiger partial charge < -0.3 is 5.32 Å². The Bertz CT molecular complexity index is 866. The molecule has 1 unspecified atom stereocenters. The summed E-state index contributed by atoms with van der Waals surface area (Å²) in [5.74, 6) is -0.108. The lowest BCUT2D eigenvalue weighted by atomic mass is 10.0. The lowest BCUT2D eigenvalue weighted by Gasteiger charge is -2.34. The van der Waals surface area contributed by atoms with Gasteiger partial charge in [-0.1, -0.05) is 24.6 Å². The van der Waals surface area contributed by atoms with E-state index in [-0.39, 0.29) is 11.9 Å². The van der Waals surface area contributed by atoms with Gasteiger partial charge in [-0.25, -0.2) is 8.42 Å². The summed E-state index contributed by atoms with van der Waals surface area (Å²) in [6.07, 6.45) is 5.31. The number of amides is 1. The number of benzene rings is 1. The number of rotatable bonds is 7. The van der Waals surface area contributed by atoms with Crippen molar-refractivity contribution in [3.05, 3.63) is 47.3 Å². The van der Waals surface area contributed by atoms with Crippen LogP contribution in [-0.2, 0) is 10.0 Å². The van der Waals surface area contributed by atoms with Crippen molar-refractivity contribution in [2.45, 2.75) is 40.8 Å². The summed E-state index contributed by atoms with van der Waals surface area (Å²) in [5.41, 5.74) is 0.664. The minimum absolute atomic E-state index is 0.0676. The maximum atomic E-state index is 12.9. The van der Waals surface area contributed by atoms with Gasteiger partial charge in [0, 0.05) is 24.0 Å². The Labute approximate surface area is 169 Å². The van der Waals surface area contributed by atoms with Gasteiger partial charge in [0.05, 0.1) is 5.56 Å². The van der Waals surface area contributed by atoms with E-state index in [0.29, 0.717) is 29.3 Å². The Hall–Kier alpha value is -1.35. The van der Waals surface area contributed by atoms with Gasteiger partial charge in [-0.3, -0.25) is 4.79 Å². The molecule has 0 spiro atoms. The molecule has 1 N–H and O–H groups in total. The zero-order chi connectivity index (χ0) is 19.3. The average Bonchev–Trinajstić information content (AvgIpc) is 3.24. The number of piperidine rings is 1. The van der Waals surface area contributed by atoms with Crippen molar-refractivity contribution in [3.63, 3.8) is 0 Å². The number of nitrogens with zero attached hydrogens (tertiary/aromatic N) is 1. The fourth-order valence-corrected chi connectivity index (χ4v) is 6.82. The second kappa shape index (κ2) is 9.23. The first-order valence-corrected chi connectivity index (χ1v) is 12.5. The van der Waals surface area contributed by atoms with Gasteiger partial charge in [0.15, 0.2) is 0 Å². The highest BCUT2D eigenvalue weighted by molar-refractivity contribution is 7.98. The average molecular weight is 425 g/mol. The summed E-state index contributed by atoms with van der Waals surface area (Å²) in [5, 5.41) is 4.74. The number of thiophene rings is 1. The molecule has 2 heterocycles. The smallest absolute Gasteiger partial charge is 0.252 e. The van der Waals surface area contributed by atoms with Crippen LogP contribution in [0.1, 0.15) is 36.0 Å². The SMILES string of the molecule is CSc1ccccc1C(=O)NCCC1CCCCN1S(=O)(=O)c1cccs1. The molecule has 1 saturated heterocycles. The number of thioether (sulfide) groups is 1. The summed E-state index contributed by atoms with van der Waals surface area (Å²) in [4.78, 5) is 13.4. The molecule has 0 radical (unpaired) electrons. The fourth-order valence-electron chi connectivity index (χ4n) is 3.38. The van der Waals surface area contributed by atoms with E-state index < -0.39 is 10.0 Å². The number of sulfonamides is 1. The number of nitrogens with one attached hydrogen (secondary N) is 1. The quantitative estimate of drug-likeness (QED) is 0.686. The Morgan fingerprint density at radius 1 is 1.26 bits per heavy atom. The van der Waals surface area contributed by atoms with E-state index in [1.807, 2.05) is 30.5 Å². The Morgan fingerprint density at radius 3 is 2.81 bits per heavy atom. The number of hydrogen-bond donors (Lipinski definition) is 1. The molecule has 1 aliphatic rings. The summed E-state index contributed by atoms with van der Waals surface area (Å²) in [7, 11) is -3.45. The molecule has 1 aliphatic heterocycles. The van der Waals surface area contributed by atoms with E-state index in [1.54, 1.807) is 33.6 Å². The molecule has 0 saturated carbocycles. The highest BCUT2D eigenvalue weighted by atomic mass is 32.2. The van der Waals surface area contributed by atoms with Crippen molar-refractivity contribution in [3.8, 4) is 0 Å². The van der Waals surface area contributed by atoms with Gasteiger partial charge >= 0.3 is 0 Å². The molecular weight excluding hydrogens is 400 g/mol. The number of carbonyl (C=O) groups excluding carboxylic acids is 1. The lowest BCUT2D eigenvalue weighted by Crippen LogP contribution is -2.45. The first kappa shape index (κ1) is 20.4. The van der Waals surface area contributed by atoms with Crippen LogP contribution in [0.5, 0.6) is 0 Å². The van der Waals surface area contributed by atoms with Gasteiger partial charge in [0.2, 0.25) is 0 Å². The third kappa shape index (κ3) is 4.74. The zero-order valence-electron chi connectivity index (χ0n) is 15.3. The monoisotopic (exact) mass is 424 g/mol. The largest absolute Gasteiger partial charge is 0.352 e. The molecule has 1 atom stereocenters. The molecule has 5 nitrogen and oxygen atoms in total. The molecule has 27 heavy (non-hydrogen) atoms. The van der Waals surface area contributed by atoms with Gasteiger partial charge in [0.25, 0.3) is 15.9 Å². The van der Waals surface area contributed by atoms with E-state index in [1.165, 1.54) is 11.3 Å². The normalized spacial score (nSPS) is 18.3. The van der Waals surface area contributed by atoms with Crippen LogP contribution >= 0.6 is 23.1 Å². The van der Waals surface area contributed by atoms with Crippen LogP contribution in [-0.4, -0.2) is 44.0 Å². The van der Waals surface area contributed by atoms with Crippen LogP contribution in [0, 0.1) is 0 Å². The van der Waals surface area contributed by atoms with Gasteiger partial charge in [0.1, 0.15) is 4.21 Å². The molecule has 1 fully saturated rings. The van der Waals surface area contributed by atoms with E-state index in [9.17, 15) is 13.2 Å². The fraction of sp³-hybridized carbons (Fsp3) is 0.421. The van der Waals surface area contributed by atoms with Crippen molar-refractivity contribution in [1.29, 1.82) is 0 Å². The molecule has 8 heteroatoms. The maximum absolute atomic E-state index is 12.9. The van der Waals surface area contributed by atoms with Crippen LogP contribution in [0.4, 0.5) is 0 Å². The second-order valence-corrected chi connectivity index (χ2v) is 10.4. The Kier molecular flexibility index (Phi) is 6.97. The third-order valence-electron chi connectivity index (χ3n) is 4.75. The van der Waals surface area contributed by atoms with Gasteiger partial charge in [-0.15, -0.1) is 23.1 Å². The molecule has 1 aromatic heterocycles. The third-order valence-corrected chi connectivity index (χ3v) is 8.87. The van der Waals surface area contributed by atoms with E-state index >= 15 is 0 Å². The summed E-state index contributed by atoms with van der Waals surface area (Å²) < 4.78 is 27.8. The second-order valence-electron chi connectivity index (χ2n) is 6.44. The minimum Gasteiger partial charge on any atom is -0.352 e. The van der Waals surface area contributed by atoms with Crippen LogP contribution < -0.4 is 5.32 Å². The molecule has 0 aliphatic carbocycles. The Balaban J connectivity index is 1.63. The minimum atomic E-state index is -3.45. The lowest BCUT2D eigenvalue weighted by molar-refractivity contribution is 0.0946. The molecule has 1 amide bonds. The van der Waals surface area contributed by atoms with Crippen molar-refractivity contribution in [2.75, 3.05) is 19.3 Å². The van der Waals surface area contributed by atoms with Crippen molar-refractivity contribution in [2.24, 2.45) is 0 Å². The summed E-state index contributed by atoms with van der Waals surface area (Å²) in [6, 6.07) is 10.9. The summed E-state index contributed by atoms with van der Waals surface area (Å²) in [6.45, 7) is 1.01. The highest BCUT2D eigenvalue weighted by Crippen LogP contribution is 2.29. The maximum Gasteiger partial charge on any atom is 0.252 e. The zero-order valence-corrected chi connectivity index (χ0v) is 17.7. The molecule has 2 aromatic rings. The molecule has 3 rings (SSSR count). The molecular formula is C19H24N2O3S3.